The highest BCUT2D eigenvalue weighted by atomic mass is 16.5. The topological polar surface area (TPSA) is 113 Å². The first-order valence-electron chi connectivity index (χ1n) is 20.0. The smallest absolute Gasteiger partial charge is 0.227 e. The second-order valence-electron chi connectivity index (χ2n) is 13.9. The fraction of sp³-hybridized carbons (Fsp3) is 0.535. The minimum atomic E-state index is 0.213. The Morgan fingerprint density at radius 1 is 0.852 bits per heavy atom. The number of rotatable bonds is 8. The van der Waals surface area contributed by atoms with Gasteiger partial charge < -0.3 is 14.4 Å². The number of aromatic nitrogens is 7. The molecule has 1 aliphatic carbocycles. The van der Waals surface area contributed by atoms with E-state index in [0.717, 1.165) is 104 Å². The molecule has 4 fully saturated rings. The molecule has 11 heteroatoms. The van der Waals surface area contributed by atoms with Crippen molar-refractivity contribution in [3.8, 4) is 34.5 Å². The van der Waals surface area contributed by atoms with Crippen molar-refractivity contribution in [3.05, 3.63) is 72.7 Å². The average molecular weight is 735 g/mol. The van der Waals surface area contributed by atoms with E-state index in [9.17, 15) is 4.79 Å². The molecule has 0 unspecified atom stereocenters. The largest absolute Gasteiger partial charge is 0.376 e. The molecular weight excluding hydrogens is 677 g/mol. The Hall–Kier alpha value is -4.66. The van der Waals surface area contributed by atoms with Crippen LogP contribution in [-0.2, 0) is 33.8 Å². The van der Waals surface area contributed by atoms with Crippen LogP contribution in [0.15, 0.2) is 56.0 Å². The molecule has 54 heavy (non-hydrogen) atoms. The van der Waals surface area contributed by atoms with Crippen LogP contribution in [-0.4, -0.2) is 72.8 Å². The van der Waals surface area contributed by atoms with Crippen molar-refractivity contribution in [3.63, 3.8) is 0 Å². The number of hydrogen-bond acceptors (Lipinski definition) is 8. The Labute approximate surface area is 321 Å². The van der Waals surface area contributed by atoms with E-state index < -0.39 is 0 Å². The van der Waals surface area contributed by atoms with Crippen LogP contribution < -0.4 is 4.90 Å². The molecule has 0 bridgehead atoms. The van der Waals surface area contributed by atoms with Gasteiger partial charge in [-0.25, -0.2) is 9.36 Å². The van der Waals surface area contributed by atoms with E-state index >= 15 is 0 Å². The third-order valence-corrected chi connectivity index (χ3v) is 9.87. The molecule has 3 aromatic heterocycles. The summed E-state index contributed by atoms with van der Waals surface area (Å²) < 4.78 is 15.3. The van der Waals surface area contributed by atoms with E-state index in [1.165, 1.54) is 37.7 Å². The molecule has 4 aliphatic rings. The first-order valence-corrected chi connectivity index (χ1v) is 20.0. The van der Waals surface area contributed by atoms with Gasteiger partial charge in [0, 0.05) is 55.1 Å². The number of anilines is 1. The number of benzene rings is 1. The first kappa shape index (κ1) is 40.5. The van der Waals surface area contributed by atoms with E-state index in [2.05, 4.69) is 76.6 Å². The van der Waals surface area contributed by atoms with Crippen LogP contribution in [0.5, 0.6) is 0 Å². The van der Waals surface area contributed by atoms with Crippen LogP contribution in [0.4, 0.5) is 5.69 Å². The summed E-state index contributed by atoms with van der Waals surface area (Å²) in [5.41, 5.74) is 7.92. The van der Waals surface area contributed by atoms with Crippen LogP contribution in [0.3, 0.4) is 0 Å². The molecule has 6 heterocycles. The number of carbonyl (C=O) groups is 1. The number of pyridine rings is 1. The van der Waals surface area contributed by atoms with Crippen molar-refractivity contribution in [2.75, 3.05) is 24.7 Å². The molecule has 2 atom stereocenters. The Balaban J connectivity index is 0.000000190. The summed E-state index contributed by atoms with van der Waals surface area (Å²) in [4.78, 5) is 18.4. The minimum absolute atomic E-state index is 0.213. The molecule has 0 spiro atoms. The van der Waals surface area contributed by atoms with Crippen LogP contribution in [0.1, 0.15) is 102 Å². The maximum atomic E-state index is 11.9. The van der Waals surface area contributed by atoms with Gasteiger partial charge in [0.1, 0.15) is 11.4 Å². The van der Waals surface area contributed by atoms with Gasteiger partial charge in [-0.3, -0.25) is 9.78 Å². The second-order valence-corrected chi connectivity index (χ2v) is 13.9. The lowest BCUT2D eigenvalue weighted by Crippen LogP contribution is -2.24. The molecule has 3 saturated heterocycles. The second kappa shape index (κ2) is 20.7. The van der Waals surface area contributed by atoms with Crippen molar-refractivity contribution in [2.45, 2.75) is 124 Å². The summed E-state index contributed by atoms with van der Waals surface area (Å²) >= 11 is 0. The zero-order valence-electron chi connectivity index (χ0n) is 32.8. The third-order valence-electron chi connectivity index (χ3n) is 9.87. The molecule has 0 N–H and O–H groups in total. The molecule has 3 aliphatic heterocycles. The van der Waals surface area contributed by atoms with Crippen molar-refractivity contribution in [2.24, 2.45) is 5.92 Å². The first-order chi connectivity index (χ1) is 26.5. The van der Waals surface area contributed by atoms with Crippen molar-refractivity contribution in [1.82, 2.24) is 35.0 Å². The van der Waals surface area contributed by atoms with E-state index in [0.29, 0.717) is 12.3 Å². The van der Waals surface area contributed by atoms with Gasteiger partial charge in [0.05, 0.1) is 43.4 Å². The van der Waals surface area contributed by atoms with E-state index in [-0.39, 0.29) is 18.1 Å². The normalized spacial score (nSPS) is 19.3. The number of aryl methyl sites for hydroxylation is 2. The maximum absolute atomic E-state index is 11.9. The van der Waals surface area contributed by atoms with Gasteiger partial charge in [0.15, 0.2) is 0 Å². The van der Waals surface area contributed by atoms with Gasteiger partial charge in [-0.15, -0.1) is 23.4 Å². The van der Waals surface area contributed by atoms with Crippen molar-refractivity contribution >= 4 is 11.6 Å². The lowest BCUT2D eigenvalue weighted by Gasteiger charge is -2.21. The summed E-state index contributed by atoms with van der Waals surface area (Å²) in [7, 11) is 0. The van der Waals surface area contributed by atoms with Crippen LogP contribution in [0.25, 0.3) is 22.6 Å². The number of nitrogens with zero attached hydrogens (tertiary/aromatic N) is 8. The van der Waals surface area contributed by atoms with Gasteiger partial charge in [-0.2, -0.15) is 0 Å². The standard InChI is InChI=1S/C20H24N4O.C19H24N4O2.C2H6.C2H4/c1-2-17-11-16(9-8-15-6-7-15)12-21-20(17)19-14-24(23-22-19)13-18-5-3-4-10-25-18;1-14-11-15(23-9-4-6-19(23)24)7-8-17(14)18-13-22(21-20-18)12-16-5-2-3-10-25-16;2*1-2/h11-12,14-15,18H,2-7,10,13H2,1H3;7-8,11,13,16H,2-6,9-10,12H2,1H3;1-2H3;1-2H2/t18-;16-;;/m11../s1. The fourth-order valence-corrected chi connectivity index (χ4v) is 6.84. The third kappa shape index (κ3) is 11.2. The number of hydrogen-bond donors (Lipinski definition) is 0. The quantitative estimate of drug-likeness (QED) is 0.132. The Bertz CT molecular complexity index is 1840. The number of ether oxygens (including phenoxy) is 2. The van der Waals surface area contributed by atoms with Gasteiger partial charge >= 0.3 is 0 Å². The van der Waals surface area contributed by atoms with E-state index in [1.807, 2.05) is 58.8 Å². The molecule has 1 aromatic carbocycles. The Kier molecular flexibility index (Phi) is 15.5. The lowest BCUT2D eigenvalue weighted by molar-refractivity contribution is -0.117. The predicted octanol–water partition coefficient (Wildman–Crippen LogP) is 8.01. The van der Waals surface area contributed by atoms with Gasteiger partial charge in [-0.1, -0.05) is 49.1 Å². The van der Waals surface area contributed by atoms with Crippen LogP contribution in [0.2, 0.25) is 0 Å². The highest BCUT2D eigenvalue weighted by Gasteiger charge is 2.23. The summed E-state index contributed by atoms with van der Waals surface area (Å²) in [6, 6.07) is 8.26. The highest BCUT2D eigenvalue weighted by molar-refractivity contribution is 5.95. The van der Waals surface area contributed by atoms with Gasteiger partial charge in [0.2, 0.25) is 5.91 Å². The summed E-state index contributed by atoms with van der Waals surface area (Å²) in [5.74, 6) is 7.36. The van der Waals surface area contributed by atoms with Crippen LogP contribution in [0, 0.1) is 24.7 Å². The maximum Gasteiger partial charge on any atom is 0.227 e. The molecule has 288 valence electrons. The SMILES string of the molecule is C=C.CC.CCc1cc(C#CC2CC2)cnc1-c1cn(C[C@H]2CCCCO2)nn1.Cc1cc(N2CCCC2=O)ccc1-c1cn(C[C@H]2CCCCO2)nn1. The van der Waals surface area contributed by atoms with Crippen molar-refractivity contribution < 1.29 is 14.3 Å². The zero-order valence-corrected chi connectivity index (χ0v) is 32.8. The molecule has 0 radical (unpaired) electrons. The van der Waals surface area contributed by atoms with Gasteiger partial charge in [0.25, 0.3) is 0 Å². The lowest BCUT2D eigenvalue weighted by atomic mass is 10.0. The Morgan fingerprint density at radius 2 is 1.50 bits per heavy atom. The van der Waals surface area contributed by atoms with Crippen molar-refractivity contribution in [1.29, 1.82) is 0 Å². The summed E-state index contributed by atoms with van der Waals surface area (Å²) in [6.45, 7) is 18.2. The minimum Gasteiger partial charge on any atom is -0.376 e. The predicted molar refractivity (Wildman–Crippen MR) is 214 cm³/mol. The number of carbonyl (C=O) groups excluding carboxylic acids is 1. The monoisotopic (exact) mass is 734 g/mol. The molecular formula is C43H58N8O3. The van der Waals surface area contributed by atoms with Gasteiger partial charge in [-0.05, 0) is 100 Å². The molecule has 11 nitrogen and oxygen atoms in total. The van der Waals surface area contributed by atoms with E-state index in [4.69, 9.17) is 9.47 Å². The molecule has 8 rings (SSSR count). The molecule has 1 amide bonds. The summed E-state index contributed by atoms with van der Waals surface area (Å²) in [5, 5.41) is 17.2. The average Bonchev–Trinajstić information content (AvgIpc) is 3.50. The zero-order chi connectivity index (χ0) is 38.3. The number of amides is 1. The molecule has 4 aromatic rings. The van der Waals surface area contributed by atoms with E-state index in [1.54, 1.807) is 0 Å². The van der Waals surface area contributed by atoms with Crippen LogP contribution >= 0.6 is 0 Å². The summed E-state index contributed by atoms with van der Waals surface area (Å²) in [6.07, 6.45) is 18.3. The fourth-order valence-electron chi connectivity index (χ4n) is 6.84. The Morgan fingerprint density at radius 3 is 2.06 bits per heavy atom. The highest BCUT2D eigenvalue weighted by Crippen LogP contribution is 2.29. The molecule has 1 saturated carbocycles.